The molecule has 0 spiro atoms. The van der Waals surface area contributed by atoms with Crippen LogP contribution in [0.1, 0.15) is 45.4 Å². The first kappa shape index (κ1) is 30.6. The van der Waals surface area contributed by atoms with Crippen LogP contribution in [0.4, 0.5) is 22.0 Å². The fourth-order valence-corrected chi connectivity index (χ4v) is 6.35. The molecule has 15 heteroatoms. The predicted octanol–water partition coefficient (Wildman–Crippen LogP) is 4.65. The third-order valence-corrected chi connectivity index (χ3v) is 9.22. The number of hydrogen-bond donors (Lipinski definition) is 3. The Morgan fingerprint density at radius 2 is 1.89 bits per heavy atom. The van der Waals surface area contributed by atoms with E-state index in [9.17, 15) is 36.6 Å². The first-order valence-electron chi connectivity index (χ1n) is 13.7. The van der Waals surface area contributed by atoms with Crippen molar-refractivity contribution < 1.29 is 46.1 Å². The lowest BCUT2D eigenvalue weighted by Crippen LogP contribution is -2.52. The first-order valence-corrected chi connectivity index (χ1v) is 14.5. The number of amides is 2. The summed E-state index contributed by atoms with van der Waals surface area (Å²) in [6, 6.07) is 7.92. The Balaban J connectivity index is 1.41. The summed E-state index contributed by atoms with van der Waals surface area (Å²) in [6.07, 6.45) is -3.46. The topological polar surface area (TPSA) is 137 Å². The number of pyridine rings is 1. The fourth-order valence-electron chi connectivity index (χ4n) is 5.16. The molecule has 0 bridgehead atoms. The van der Waals surface area contributed by atoms with E-state index < -0.39 is 60.3 Å². The summed E-state index contributed by atoms with van der Waals surface area (Å²) in [6.45, 7) is -3.48. The summed E-state index contributed by atoms with van der Waals surface area (Å²) in [7, 11) is 1.38. The van der Waals surface area contributed by atoms with Gasteiger partial charge in [-0.2, -0.15) is 13.2 Å². The van der Waals surface area contributed by atoms with Gasteiger partial charge in [0.15, 0.2) is 0 Å². The number of aromatic nitrogens is 2. The molecule has 0 unspecified atom stereocenters. The second-order valence-corrected chi connectivity index (χ2v) is 12.1. The van der Waals surface area contributed by atoms with Crippen LogP contribution in [0.25, 0.3) is 21.5 Å². The van der Waals surface area contributed by atoms with Crippen LogP contribution >= 0.6 is 11.3 Å². The van der Waals surface area contributed by atoms with E-state index in [4.69, 9.17) is 15.2 Å². The van der Waals surface area contributed by atoms with E-state index in [1.54, 1.807) is 0 Å². The highest BCUT2D eigenvalue weighted by Gasteiger charge is 2.58. The van der Waals surface area contributed by atoms with Gasteiger partial charge in [0.1, 0.15) is 47.2 Å². The number of nitrogens with two attached hydrogens (primary N) is 1. The number of methoxy groups -OCH3 is 1. The molecule has 9 nitrogen and oxygen atoms in total. The molecule has 1 fully saturated rings. The first-order chi connectivity index (χ1) is 21.3. The number of nitrogens with one attached hydrogen (secondary N) is 1. The Hall–Kier alpha value is -4.37. The standard InChI is InChI=1S/C30H25F5N4O5S/c1-43-19-8-16(9-20-23(19)39-26(45-20)15-2-3-15)25(40)37-12-29(42,30(33,34)35)21-10-18-24(44-13-28(18,11-31)27(36)41)22(38-21)14-4-6-17(32)7-5-14/h4-10,15,42H,2-3,11-13H2,1H3,(H2,36,41)(H,37,40)/t28-,29-/m0/s1. The number of primary amides is 1. The molecule has 236 valence electrons. The van der Waals surface area contributed by atoms with Crippen molar-refractivity contribution in [1.82, 2.24) is 15.3 Å². The zero-order chi connectivity index (χ0) is 32.3. The second-order valence-electron chi connectivity index (χ2n) is 11.0. The summed E-state index contributed by atoms with van der Waals surface area (Å²) in [5, 5.41) is 14.2. The average molecular weight is 649 g/mol. The SMILES string of the molecule is COc1cc(C(=O)NC[C@](O)(c2cc3c(c(-c4ccc(F)cc4)n2)OC[C@]3(CF)C(N)=O)C(F)(F)F)cc2sc(C3CC3)nc12. The molecule has 0 saturated heterocycles. The van der Waals surface area contributed by atoms with Crippen LogP contribution < -0.4 is 20.5 Å². The van der Waals surface area contributed by atoms with Crippen LogP contribution in [-0.2, 0) is 15.8 Å². The Labute approximate surface area is 256 Å². The molecule has 2 aliphatic rings. The van der Waals surface area contributed by atoms with Gasteiger partial charge in [-0.15, -0.1) is 11.3 Å². The smallest absolute Gasteiger partial charge is 0.424 e. The van der Waals surface area contributed by atoms with Gasteiger partial charge in [0.2, 0.25) is 11.5 Å². The van der Waals surface area contributed by atoms with Crippen LogP contribution in [0.5, 0.6) is 11.5 Å². The molecular weight excluding hydrogens is 623 g/mol. The molecule has 2 atom stereocenters. The number of aliphatic hydroxyl groups is 1. The molecule has 1 aliphatic carbocycles. The Morgan fingerprint density at radius 3 is 2.49 bits per heavy atom. The van der Waals surface area contributed by atoms with Gasteiger partial charge in [0, 0.05) is 22.6 Å². The van der Waals surface area contributed by atoms with Gasteiger partial charge in [0.25, 0.3) is 5.91 Å². The lowest BCUT2D eigenvalue weighted by atomic mass is 9.81. The highest BCUT2D eigenvalue weighted by molar-refractivity contribution is 7.18. The van der Waals surface area contributed by atoms with Crippen molar-refractivity contribution >= 4 is 33.4 Å². The Morgan fingerprint density at radius 1 is 1.18 bits per heavy atom. The highest BCUT2D eigenvalue weighted by atomic mass is 32.1. The maximum Gasteiger partial charge on any atom is 0.424 e. The van der Waals surface area contributed by atoms with Crippen molar-refractivity contribution in [1.29, 1.82) is 0 Å². The van der Waals surface area contributed by atoms with E-state index in [-0.39, 0.29) is 33.9 Å². The number of alkyl halides is 4. The number of fused-ring (bicyclic) bond motifs is 2. The minimum atomic E-state index is -5.44. The van der Waals surface area contributed by atoms with Gasteiger partial charge in [-0.25, -0.2) is 18.7 Å². The molecule has 1 aliphatic heterocycles. The normalized spacial score (nSPS) is 19.1. The number of thiazole rings is 1. The third kappa shape index (κ3) is 5.13. The highest BCUT2D eigenvalue weighted by Crippen LogP contribution is 2.48. The van der Waals surface area contributed by atoms with Crippen molar-refractivity contribution in [3.8, 4) is 22.8 Å². The second kappa shape index (κ2) is 10.9. The predicted molar refractivity (Wildman–Crippen MR) is 152 cm³/mol. The van der Waals surface area contributed by atoms with Crippen LogP contribution in [0.15, 0.2) is 42.5 Å². The monoisotopic (exact) mass is 648 g/mol. The van der Waals surface area contributed by atoms with Crippen LogP contribution in [0, 0.1) is 5.82 Å². The van der Waals surface area contributed by atoms with Crippen LogP contribution in [0.2, 0.25) is 0 Å². The Kier molecular flexibility index (Phi) is 7.43. The van der Waals surface area contributed by atoms with Gasteiger partial charge >= 0.3 is 6.18 Å². The molecule has 4 aromatic rings. The summed E-state index contributed by atoms with van der Waals surface area (Å²) < 4.78 is 83.7. The van der Waals surface area contributed by atoms with Crippen molar-refractivity contribution in [2.45, 2.75) is 36.0 Å². The van der Waals surface area contributed by atoms with E-state index in [0.717, 1.165) is 30.0 Å². The van der Waals surface area contributed by atoms with Gasteiger partial charge in [0.05, 0.1) is 29.1 Å². The van der Waals surface area contributed by atoms with Crippen molar-refractivity contribution in [2.75, 3.05) is 26.9 Å². The minimum absolute atomic E-state index is 0.0395. The van der Waals surface area contributed by atoms with E-state index in [2.05, 4.69) is 15.3 Å². The van der Waals surface area contributed by atoms with Gasteiger partial charge in [-0.1, -0.05) is 0 Å². The van der Waals surface area contributed by atoms with Crippen LogP contribution in [0.3, 0.4) is 0 Å². The van der Waals surface area contributed by atoms with E-state index in [0.29, 0.717) is 22.2 Å². The average Bonchev–Trinajstić information content (AvgIpc) is 3.65. The molecule has 45 heavy (non-hydrogen) atoms. The molecule has 6 rings (SSSR count). The summed E-state index contributed by atoms with van der Waals surface area (Å²) in [5.41, 5.74) is -1.77. The number of halogens is 5. The molecular formula is C30H25F5N4O5S. The number of rotatable bonds is 9. The number of hydrogen-bond acceptors (Lipinski definition) is 8. The number of benzene rings is 2. The van der Waals surface area contributed by atoms with E-state index >= 15 is 0 Å². The van der Waals surface area contributed by atoms with Gasteiger partial charge < -0.3 is 25.6 Å². The van der Waals surface area contributed by atoms with Crippen molar-refractivity contribution in [2.24, 2.45) is 5.73 Å². The zero-order valence-electron chi connectivity index (χ0n) is 23.5. The maximum absolute atomic E-state index is 14.7. The molecule has 2 aromatic carbocycles. The molecule has 3 heterocycles. The van der Waals surface area contributed by atoms with E-state index in [1.165, 1.54) is 42.7 Å². The quantitative estimate of drug-likeness (QED) is 0.225. The lowest BCUT2D eigenvalue weighted by Gasteiger charge is -2.31. The van der Waals surface area contributed by atoms with Gasteiger partial charge in [-0.05, 0) is 55.3 Å². The number of carbonyl (C=O) groups is 2. The summed E-state index contributed by atoms with van der Waals surface area (Å²) >= 11 is 1.36. The third-order valence-electron chi connectivity index (χ3n) is 8.05. The molecule has 0 radical (unpaired) electrons. The number of ether oxygens (including phenoxy) is 2. The summed E-state index contributed by atoms with van der Waals surface area (Å²) in [4.78, 5) is 34.2. The molecule has 4 N–H and O–H groups in total. The summed E-state index contributed by atoms with van der Waals surface area (Å²) in [5.74, 6) is -2.50. The molecule has 2 amide bonds. The van der Waals surface area contributed by atoms with Crippen molar-refractivity contribution in [3.63, 3.8) is 0 Å². The zero-order valence-corrected chi connectivity index (χ0v) is 24.3. The van der Waals surface area contributed by atoms with E-state index in [1.807, 2.05) is 0 Å². The van der Waals surface area contributed by atoms with Crippen molar-refractivity contribution in [3.05, 3.63) is 70.1 Å². The van der Waals surface area contributed by atoms with Crippen LogP contribution in [-0.4, -0.2) is 60.0 Å². The largest absolute Gasteiger partial charge is 0.494 e. The maximum atomic E-state index is 14.7. The molecule has 1 saturated carbocycles. The van der Waals surface area contributed by atoms with Gasteiger partial charge in [-0.3, -0.25) is 9.59 Å². The Bertz CT molecular complexity index is 1830. The number of carbonyl (C=O) groups excluding carboxylic acids is 2. The minimum Gasteiger partial charge on any atom is -0.494 e. The fraction of sp³-hybridized carbons (Fsp3) is 0.333. The number of nitrogens with zero attached hydrogens (tertiary/aromatic N) is 2. The lowest BCUT2D eigenvalue weighted by molar-refractivity contribution is -0.265. The molecule has 2 aromatic heterocycles.